The lowest BCUT2D eigenvalue weighted by atomic mass is 10.3. The molecule has 0 saturated carbocycles. The molecule has 118 valence electrons. The molecular weight excluding hydrogens is 320 g/mol. The van der Waals surface area contributed by atoms with Crippen LogP contribution in [0.2, 0.25) is 0 Å². The molecule has 0 radical (unpaired) electrons. The second-order valence-electron chi connectivity index (χ2n) is 4.91. The average Bonchev–Trinajstić information content (AvgIpc) is 2.93. The molecule has 0 aliphatic rings. The van der Waals surface area contributed by atoms with Gasteiger partial charge in [-0.2, -0.15) is 0 Å². The molecular formula is C16H13F2N3OS. The molecule has 4 nitrogen and oxygen atoms in total. The topological polar surface area (TPSA) is 46.4 Å². The predicted octanol–water partition coefficient (Wildman–Crippen LogP) is 3.73. The first-order valence-corrected chi connectivity index (χ1v) is 7.77. The molecule has 1 atom stereocenters. The summed E-state index contributed by atoms with van der Waals surface area (Å²) >= 11 is 1.26. The number of nitrogens with zero attached hydrogens (tertiary/aromatic N) is 2. The molecule has 3 aromatic rings. The molecule has 0 spiro atoms. The van der Waals surface area contributed by atoms with E-state index in [1.165, 1.54) is 17.8 Å². The van der Waals surface area contributed by atoms with E-state index in [0.29, 0.717) is 5.16 Å². The normalized spacial score (nSPS) is 12.3. The number of halogens is 2. The number of fused-ring (bicyclic) bond motifs is 1. The van der Waals surface area contributed by atoms with E-state index >= 15 is 0 Å². The van der Waals surface area contributed by atoms with Crippen molar-refractivity contribution in [1.29, 1.82) is 0 Å². The minimum atomic E-state index is -0.804. The van der Waals surface area contributed by atoms with Crippen molar-refractivity contribution >= 4 is 28.9 Å². The van der Waals surface area contributed by atoms with Gasteiger partial charge in [0.05, 0.1) is 22.7 Å². The molecule has 0 bridgehead atoms. The second-order valence-corrected chi connectivity index (χ2v) is 6.22. The van der Waals surface area contributed by atoms with Gasteiger partial charge in [-0.05, 0) is 31.2 Å². The van der Waals surface area contributed by atoms with Gasteiger partial charge >= 0.3 is 0 Å². The summed E-state index contributed by atoms with van der Waals surface area (Å²) in [5.41, 5.74) is 0.879. The summed E-state index contributed by atoms with van der Waals surface area (Å²) in [6, 6.07) is 8.71. The van der Waals surface area contributed by atoms with Gasteiger partial charge in [0.1, 0.15) is 11.6 Å². The van der Waals surface area contributed by atoms with Crippen LogP contribution >= 0.6 is 11.8 Å². The van der Waals surface area contributed by atoms with E-state index in [1.807, 2.05) is 28.8 Å². The second kappa shape index (κ2) is 6.37. The van der Waals surface area contributed by atoms with Gasteiger partial charge in [-0.3, -0.25) is 9.20 Å². The van der Waals surface area contributed by atoms with Crippen LogP contribution in [0.25, 0.3) is 5.52 Å². The lowest BCUT2D eigenvalue weighted by molar-refractivity contribution is -0.115. The Kier molecular flexibility index (Phi) is 4.29. The number of hydrogen-bond acceptors (Lipinski definition) is 3. The van der Waals surface area contributed by atoms with E-state index in [4.69, 9.17) is 0 Å². The van der Waals surface area contributed by atoms with E-state index in [1.54, 1.807) is 13.1 Å². The Morgan fingerprint density at radius 3 is 2.91 bits per heavy atom. The third kappa shape index (κ3) is 3.34. The molecule has 1 N–H and O–H groups in total. The number of carbonyl (C=O) groups excluding carboxylic acids is 1. The van der Waals surface area contributed by atoms with Crippen LogP contribution in [0.4, 0.5) is 14.5 Å². The van der Waals surface area contributed by atoms with Crippen LogP contribution < -0.4 is 5.32 Å². The number of imidazole rings is 1. The highest BCUT2D eigenvalue weighted by Crippen LogP contribution is 2.24. The lowest BCUT2D eigenvalue weighted by Crippen LogP contribution is -2.23. The van der Waals surface area contributed by atoms with Crippen molar-refractivity contribution in [3.05, 3.63) is 60.4 Å². The summed E-state index contributed by atoms with van der Waals surface area (Å²) < 4.78 is 28.3. The van der Waals surface area contributed by atoms with E-state index in [0.717, 1.165) is 17.6 Å². The molecule has 2 aromatic heterocycles. The number of hydrogen-bond donors (Lipinski definition) is 1. The minimum Gasteiger partial charge on any atom is -0.323 e. The molecule has 1 amide bonds. The smallest absolute Gasteiger partial charge is 0.237 e. The van der Waals surface area contributed by atoms with Crippen LogP contribution in [0, 0.1) is 11.6 Å². The first-order chi connectivity index (χ1) is 11.0. The number of amides is 1. The van der Waals surface area contributed by atoms with Gasteiger partial charge in [-0.15, -0.1) is 0 Å². The summed E-state index contributed by atoms with van der Waals surface area (Å²) in [5.74, 6) is -1.87. The van der Waals surface area contributed by atoms with Crippen LogP contribution in [0.1, 0.15) is 6.92 Å². The van der Waals surface area contributed by atoms with Crippen molar-refractivity contribution in [2.24, 2.45) is 0 Å². The van der Waals surface area contributed by atoms with Crippen LogP contribution in [0.5, 0.6) is 0 Å². The largest absolute Gasteiger partial charge is 0.323 e. The Balaban J connectivity index is 1.72. The number of nitrogens with one attached hydrogen (secondary N) is 1. The average molecular weight is 333 g/mol. The first-order valence-electron chi connectivity index (χ1n) is 6.89. The molecule has 2 heterocycles. The molecule has 23 heavy (non-hydrogen) atoms. The van der Waals surface area contributed by atoms with E-state index in [9.17, 15) is 13.6 Å². The van der Waals surface area contributed by atoms with Crippen molar-refractivity contribution in [1.82, 2.24) is 9.38 Å². The number of carbonyl (C=O) groups is 1. The standard InChI is InChI=1S/C16H13F2N3OS/c1-10(15(22)20-14-6-5-11(17)8-13(14)18)23-16-19-9-12-4-2-3-7-21(12)16/h2-10H,1H3,(H,20,22). The highest BCUT2D eigenvalue weighted by molar-refractivity contribution is 8.00. The number of rotatable bonds is 4. The summed E-state index contributed by atoms with van der Waals surface area (Å²) in [5, 5.41) is 2.63. The Morgan fingerprint density at radius 2 is 2.13 bits per heavy atom. The van der Waals surface area contributed by atoms with E-state index in [-0.39, 0.29) is 11.6 Å². The number of aromatic nitrogens is 2. The zero-order chi connectivity index (χ0) is 16.4. The van der Waals surface area contributed by atoms with Gasteiger partial charge in [-0.25, -0.2) is 13.8 Å². The highest BCUT2D eigenvalue weighted by Gasteiger charge is 2.18. The van der Waals surface area contributed by atoms with Gasteiger partial charge in [-0.1, -0.05) is 17.8 Å². The van der Waals surface area contributed by atoms with Gasteiger partial charge in [0, 0.05) is 12.3 Å². The summed E-state index contributed by atoms with van der Waals surface area (Å²) in [7, 11) is 0. The molecule has 0 aliphatic carbocycles. The van der Waals surface area contributed by atoms with Gasteiger partial charge in [0.2, 0.25) is 5.91 Å². The maximum absolute atomic E-state index is 13.6. The van der Waals surface area contributed by atoms with Crippen LogP contribution in [-0.2, 0) is 4.79 Å². The minimum absolute atomic E-state index is 0.0446. The third-order valence-corrected chi connectivity index (χ3v) is 4.33. The van der Waals surface area contributed by atoms with Crippen LogP contribution in [-0.4, -0.2) is 20.5 Å². The Morgan fingerprint density at radius 1 is 1.30 bits per heavy atom. The van der Waals surface area contributed by atoms with Crippen molar-refractivity contribution < 1.29 is 13.6 Å². The summed E-state index contributed by atoms with van der Waals surface area (Å²) in [4.78, 5) is 16.5. The Labute approximate surface area is 135 Å². The first kappa shape index (κ1) is 15.5. The van der Waals surface area contributed by atoms with Crippen molar-refractivity contribution in [3.8, 4) is 0 Å². The maximum Gasteiger partial charge on any atom is 0.237 e. The van der Waals surface area contributed by atoms with Crippen molar-refractivity contribution in [3.63, 3.8) is 0 Å². The molecule has 1 unspecified atom stereocenters. The molecule has 7 heteroatoms. The van der Waals surface area contributed by atoms with Crippen LogP contribution in [0.15, 0.2) is 53.9 Å². The Hall–Kier alpha value is -2.41. The summed E-state index contributed by atoms with van der Waals surface area (Å²) in [6.45, 7) is 1.70. The van der Waals surface area contributed by atoms with Crippen molar-refractivity contribution in [2.45, 2.75) is 17.3 Å². The third-order valence-electron chi connectivity index (χ3n) is 3.25. The fraction of sp³-hybridized carbons (Fsp3) is 0.125. The van der Waals surface area contributed by atoms with Crippen LogP contribution in [0.3, 0.4) is 0 Å². The number of pyridine rings is 1. The predicted molar refractivity (Wildman–Crippen MR) is 85.5 cm³/mol. The maximum atomic E-state index is 13.6. The molecule has 0 aliphatic heterocycles. The molecule has 3 rings (SSSR count). The van der Waals surface area contributed by atoms with E-state index in [2.05, 4.69) is 10.3 Å². The van der Waals surface area contributed by atoms with Gasteiger partial charge in [0.15, 0.2) is 5.16 Å². The Bertz CT molecular complexity index is 865. The van der Waals surface area contributed by atoms with E-state index < -0.39 is 16.9 Å². The number of benzene rings is 1. The SMILES string of the molecule is CC(Sc1ncc2ccccn12)C(=O)Nc1ccc(F)cc1F. The van der Waals surface area contributed by atoms with Gasteiger partial charge in [0.25, 0.3) is 0 Å². The lowest BCUT2D eigenvalue weighted by Gasteiger charge is -2.12. The van der Waals surface area contributed by atoms with Crippen molar-refractivity contribution in [2.75, 3.05) is 5.32 Å². The highest BCUT2D eigenvalue weighted by atomic mass is 32.2. The zero-order valence-electron chi connectivity index (χ0n) is 12.2. The molecule has 0 saturated heterocycles. The molecule has 1 aromatic carbocycles. The number of anilines is 1. The molecule has 0 fully saturated rings. The monoisotopic (exact) mass is 333 g/mol. The quantitative estimate of drug-likeness (QED) is 0.740. The van der Waals surface area contributed by atoms with Gasteiger partial charge < -0.3 is 5.32 Å². The zero-order valence-corrected chi connectivity index (χ0v) is 13.0. The fourth-order valence-corrected chi connectivity index (χ4v) is 2.92. The summed E-state index contributed by atoms with van der Waals surface area (Å²) in [6.07, 6.45) is 3.57. The fourth-order valence-electron chi connectivity index (χ4n) is 2.04. The number of thioether (sulfide) groups is 1.